The van der Waals surface area contributed by atoms with Crippen LogP contribution in [0, 0.1) is 0 Å². The number of hydrogen-bond donors (Lipinski definition) is 1. The second-order valence-electron chi connectivity index (χ2n) is 6.71. The molecule has 1 heterocycles. The number of halogens is 1. The SMILES string of the molecule is COc1ccccc1CNC(=O)[C@@H](C)N1CCN(c2cccc(Cl)c2)CC1. The van der Waals surface area contributed by atoms with Crippen LogP contribution in [0.15, 0.2) is 48.5 Å². The lowest BCUT2D eigenvalue weighted by atomic mass is 10.1. The van der Waals surface area contributed by atoms with Gasteiger partial charge in [0.1, 0.15) is 5.75 Å². The number of ether oxygens (including phenoxy) is 1. The maximum atomic E-state index is 12.6. The summed E-state index contributed by atoms with van der Waals surface area (Å²) in [7, 11) is 1.64. The fourth-order valence-corrected chi connectivity index (χ4v) is 3.57. The van der Waals surface area contributed by atoms with E-state index in [4.69, 9.17) is 16.3 Å². The molecule has 1 N–H and O–H groups in total. The van der Waals surface area contributed by atoms with Crippen molar-refractivity contribution >= 4 is 23.2 Å². The second-order valence-corrected chi connectivity index (χ2v) is 7.14. The lowest BCUT2D eigenvalue weighted by Crippen LogP contribution is -2.53. The minimum Gasteiger partial charge on any atom is -0.496 e. The third-order valence-electron chi connectivity index (χ3n) is 5.06. The number of nitrogens with zero attached hydrogens (tertiary/aromatic N) is 2. The van der Waals surface area contributed by atoms with Crippen LogP contribution in [0.5, 0.6) is 5.75 Å². The summed E-state index contributed by atoms with van der Waals surface area (Å²) in [5.41, 5.74) is 2.11. The molecule has 0 radical (unpaired) electrons. The molecule has 144 valence electrons. The zero-order valence-electron chi connectivity index (χ0n) is 15.8. The largest absolute Gasteiger partial charge is 0.496 e. The van der Waals surface area contributed by atoms with Crippen molar-refractivity contribution in [3.8, 4) is 5.75 Å². The van der Waals surface area contributed by atoms with Crippen LogP contribution in [-0.2, 0) is 11.3 Å². The summed E-state index contributed by atoms with van der Waals surface area (Å²) in [6, 6.07) is 15.5. The topological polar surface area (TPSA) is 44.8 Å². The molecule has 1 atom stereocenters. The summed E-state index contributed by atoms with van der Waals surface area (Å²) in [5, 5.41) is 3.78. The second kappa shape index (κ2) is 9.11. The number of hydrogen-bond acceptors (Lipinski definition) is 4. The van der Waals surface area contributed by atoms with E-state index in [0.29, 0.717) is 6.54 Å². The highest BCUT2D eigenvalue weighted by atomic mass is 35.5. The van der Waals surface area contributed by atoms with Gasteiger partial charge >= 0.3 is 0 Å². The van der Waals surface area contributed by atoms with Crippen LogP contribution in [0.25, 0.3) is 0 Å². The van der Waals surface area contributed by atoms with Crippen LogP contribution in [0.4, 0.5) is 5.69 Å². The van der Waals surface area contributed by atoms with Gasteiger partial charge in [-0.25, -0.2) is 0 Å². The standard InChI is InChI=1S/C21H26ClN3O2/c1-16(21(26)23-15-17-6-3-4-9-20(17)27-2)24-10-12-25(13-11-24)19-8-5-7-18(22)14-19/h3-9,14,16H,10-13,15H2,1-2H3,(H,23,26)/t16-/m1/s1. The molecule has 0 bridgehead atoms. The number of para-hydroxylation sites is 1. The molecule has 3 rings (SSSR count). The number of amides is 1. The van der Waals surface area contributed by atoms with Crippen LogP contribution in [0.2, 0.25) is 5.02 Å². The number of carbonyl (C=O) groups is 1. The van der Waals surface area contributed by atoms with Gasteiger partial charge in [0.05, 0.1) is 13.2 Å². The van der Waals surface area contributed by atoms with Gasteiger partial charge in [0.15, 0.2) is 0 Å². The molecule has 1 amide bonds. The molecule has 0 aliphatic carbocycles. The number of piperazine rings is 1. The van der Waals surface area contributed by atoms with Crippen molar-refractivity contribution in [2.24, 2.45) is 0 Å². The van der Waals surface area contributed by atoms with Gasteiger partial charge in [-0.05, 0) is 31.2 Å². The quantitative estimate of drug-likeness (QED) is 0.826. The Morgan fingerprint density at radius 3 is 2.59 bits per heavy atom. The van der Waals surface area contributed by atoms with Crippen molar-refractivity contribution in [3.05, 3.63) is 59.1 Å². The van der Waals surface area contributed by atoms with E-state index in [1.54, 1.807) is 7.11 Å². The van der Waals surface area contributed by atoms with Gasteiger partial charge in [-0.15, -0.1) is 0 Å². The fourth-order valence-electron chi connectivity index (χ4n) is 3.39. The highest BCUT2D eigenvalue weighted by Crippen LogP contribution is 2.21. The number of anilines is 1. The van der Waals surface area contributed by atoms with Crippen LogP contribution >= 0.6 is 11.6 Å². The highest BCUT2D eigenvalue weighted by Gasteiger charge is 2.25. The van der Waals surface area contributed by atoms with Gasteiger partial charge in [-0.2, -0.15) is 0 Å². The average molecular weight is 388 g/mol. The Kier molecular flexibility index (Phi) is 6.58. The third kappa shape index (κ3) is 4.93. The number of rotatable bonds is 6. The van der Waals surface area contributed by atoms with E-state index in [1.165, 1.54) is 0 Å². The van der Waals surface area contributed by atoms with E-state index >= 15 is 0 Å². The smallest absolute Gasteiger partial charge is 0.237 e. The van der Waals surface area contributed by atoms with Crippen LogP contribution in [0.3, 0.4) is 0 Å². The van der Waals surface area contributed by atoms with E-state index in [9.17, 15) is 4.79 Å². The molecule has 5 nitrogen and oxygen atoms in total. The lowest BCUT2D eigenvalue weighted by molar-refractivity contribution is -0.126. The minimum atomic E-state index is -0.166. The van der Waals surface area contributed by atoms with Crippen molar-refractivity contribution in [2.75, 3.05) is 38.2 Å². The van der Waals surface area contributed by atoms with Crippen molar-refractivity contribution in [1.29, 1.82) is 0 Å². The van der Waals surface area contributed by atoms with Gasteiger partial charge < -0.3 is 15.0 Å². The Hall–Kier alpha value is -2.24. The van der Waals surface area contributed by atoms with Crippen molar-refractivity contribution in [3.63, 3.8) is 0 Å². The zero-order valence-corrected chi connectivity index (χ0v) is 16.6. The average Bonchev–Trinajstić information content (AvgIpc) is 2.71. The molecule has 0 saturated carbocycles. The first-order valence-electron chi connectivity index (χ1n) is 9.22. The predicted molar refractivity (Wildman–Crippen MR) is 110 cm³/mol. The Balaban J connectivity index is 1.51. The normalized spacial score (nSPS) is 16.0. The zero-order chi connectivity index (χ0) is 19.2. The first kappa shape index (κ1) is 19.5. The highest BCUT2D eigenvalue weighted by molar-refractivity contribution is 6.30. The summed E-state index contributed by atoms with van der Waals surface area (Å²) in [6.45, 7) is 5.88. The Bertz CT molecular complexity index is 776. The van der Waals surface area contributed by atoms with Gasteiger partial charge in [0.2, 0.25) is 5.91 Å². The van der Waals surface area contributed by atoms with Gasteiger partial charge in [-0.3, -0.25) is 9.69 Å². The molecule has 1 aliphatic rings. The number of nitrogens with one attached hydrogen (secondary N) is 1. The maximum absolute atomic E-state index is 12.6. The Morgan fingerprint density at radius 2 is 1.89 bits per heavy atom. The first-order valence-corrected chi connectivity index (χ1v) is 9.60. The van der Waals surface area contributed by atoms with Gasteiger partial charge in [-0.1, -0.05) is 35.9 Å². The molecule has 1 fully saturated rings. The molecule has 1 aliphatic heterocycles. The minimum absolute atomic E-state index is 0.0390. The molecule has 1 saturated heterocycles. The van der Waals surface area contributed by atoms with Crippen molar-refractivity contribution in [1.82, 2.24) is 10.2 Å². The van der Waals surface area contributed by atoms with Crippen LogP contribution in [-0.4, -0.2) is 50.1 Å². The number of methoxy groups -OCH3 is 1. The summed E-state index contributed by atoms with van der Waals surface area (Å²) >= 11 is 6.09. The molecular formula is C21H26ClN3O2. The van der Waals surface area contributed by atoms with Gasteiger partial charge in [0.25, 0.3) is 0 Å². The summed E-state index contributed by atoms with van der Waals surface area (Å²) in [4.78, 5) is 17.1. The van der Waals surface area contributed by atoms with E-state index < -0.39 is 0 Å². The maximum Gasteiger partial charge on any atom is 0.237 e. The van der Waals surface area contributed by atoms with E-state index in [-0.39, 0.29) is 11.9 Å². The summed E-state index contributed by atoms with van der Waals surface area (Å²) in [6.07, 6.45) is 0. The van der Waals surface area contributed by atoms with Crippen molar-refractivity contribution in [2.45, 2.75) is 19.5 Å². The van der Waals surface area contributed by atoms with Crippen molar-refractivity contribution < 1.29 is 9.53 Å². The molecule has 2 aromatic carbocycles. The van der Waals surface area contributed by atoms with Gasteiger partial charge in [0, 0.05) is 49.0 Å². The van der Waals surface area contributed by atoms with Crippen LogP contribution < -0.4 is 15.0 Å². The van der Waals surface area contributed by atoms with Crippen LogP contribution in [0.1, 0.15) is 12.5 Å². The molecule has 6 heteroatoms. The third-order valence-corrected chi connectivity index (χ3v) is 5.30. The number of carbonyl (C=O) groups excluding carboxylic acids is 1. The van der Waals surface area contributed by atoms with E-state index in [2.05, 4.69) is 21.2 Å². The molecular weight excluding hydrogens is 362 g/mol. The summed E-state index contributed by atoms with van der Waals surface area (Å²) < 4.78 is 5.34. The predicted octanol–water partition coefficient (Wildman–Crippen LogP) is 3.18. The van der Waals surface area contributed by atoms with E-state index in [0.717, 1.165) is 48.2 Å². The first-order chi connectivity index (χ1) is 13.1. The Morgan fingerprint density at radius 1 is 1.15 bits per heavy atom. The molecule has 0 unspecified atom stereocenters. The molecule has 0 spiro atoms. The molecule has 2 aromatic rings. The molecule has 27 heavy (non-hydrogen) atoms. The lowest BCUT2D eigenvalue weighted by Gasteiger charge is -2.38. The number of benzene rings is 2. The summed E-state index contributed by atoms with van der Waals surface area (Å²) in [5.74, 6) is 0.831. The monoisotopic (exact) mass is 387 g/mol. The van der Waals surface area contributed by atoms with E-state index in [1.807, 2.05) is 49.4 Å². The fraction of sp³-hybridized carbons (Fsp3) is 0.381. The molecule has 0 aromatic heterocycles. The Labute approximate surface area is 165 Å².